The van der Waals surface area contributed by atoms with Crippen molar-refractivity contribution in [2.24, 2.45) is 0 Å². The fourth-order valence-corrected chi connectivity index (χ4v) is 7.68. The number of benzene rings is 6. The summed E-state index contributed by atoms with van der Waals surface area (Å²) in [6, 6.07) is 48.7. The van der Waals surface area contributed by atoms with Crippen LogP contribution in [-0.4, -0.2) is 0 Å². The molecule has 0 saturated carbocycles. The molecule has 0 radical (unpaired) electrons. The van der Waals surface area contributed by atoms with Crippen LogP contribution in [0.1, 0.15) is 25.0 Å². The summed E-state index contributed by atoms with van der Waals surface area (Å²) in [7, 11) is 0. The van der Waals surface area contributed by atoms with E-state index in [0.29, 0.717) is 17.2 Å². The van der Waals surface area contributed by atoms with Crippen LogP contribution < -0.4 is 14.4 Å². The topological polar surface area (TPSA) is 21.7 Å². The molecular weight excluding hydrogens is 547 g/mol. The van der Waals surface area contributed by atoms with Gasteiger partial charge in [0, 0.05) is 20.9 Å². The molecule has 2 aliphatic heterocycles. The first-order chi connectivity index (χ1) is 21.1. The van der Waals surface area contributed by atoms with E-state index in [2.05, 4.69) is 116 Å². The zero-order valence-corrected chi connectivity index (χ0v) is 24.8. The third-order valence-corrected chi connectivity index (χ3v) is 9.60. The van der Waals surface area contributed by atoms with Crippen molar-refractivity contribution in [3.63, 3.8) is 0 Å². The molecule has 0 N–H and O–H groups in total. The second-order valence-electron chi connectivity index (χ2n) is 11.4. The van der Waals surface area contributed by atoms with Crippen molar-refractivity contribution in [2.45, 2.75) is 29.1 Å². The molecule has 0 aromatic heterocycles. The summed E-state index contributed by atoms with van der Waals surface area (Å²) in [6.45, 7) is 4.65. The lowest BCUT2D eigenvalue weighted by atomic mass is 9.77. The molecular formula is C39H29NO2S. The van der Waals surface area contributed by atoms with Gasteiger partial charge < -0.3 is 14.4 Å². The molecule has 2 aliphatic rings. The fourth-order valence-electron chi connectivity index (χ4n) is 6.18. The lowest BCUT2D eigenvalue weighted by Gasteiger charge is -2.38. The molecule has 0 bridgehead atoms. The molecule has 0 aliphatic carbocycles. The highest BCUT2D eigenvalue weighted by Gasteiger charge is 2.36. The van der Waals surface area contributed by atoms with Gasteiger partial charge in [0.25, 0.3) is 0 Å². The molecule has 4 heteroatoms. The van der Waals surface area contributed by atoms with E-state index in [0.717, 1.165) is 22.8 Å². The van der Waals surface area contributed by atoms with E-state index in [1.165, 1.54) is 32.0 Å². The predicted molar refractivity (Wildman–Crippen MR) is 176 cm³/mol. The molecule has 0 fully saturated rings. The number of nitrogens with zero attached hydrogens (tertiary/aromatic N) is 1. The Morgan fingerprint density at radius 3 is 1.93 bits per heavy atom. The Morgan fingerprint density at radius 1 is 0.512 bits per heavy atom. The molecule has 0 amide bonds. The molecule has 8 rings (SSSR count). The van der Waals surface area contributed by atoms with Crippen molar-refractivity contribution in [3.8, 4) is 34.1 Å². The van der Waals surface area contributed by atoms with E-state index in [9.17, 15) is 0 Å². The number of hydrogen-bond donors (Lipinski definition) is 0. The number of hydrogen-bond acceptors (Lipinski definition) is 4. The first-order valence-corrected chi connectivity index (χ1v) is 15.3. The minimum atomic E-state index is -0.148. The molecule has 6 aromatic rings. The smallest absolute Gasteiger partial charge is 0.194 e. The first kappa shape index (κ1) is 25.8. The van der Waals surface area contributed by atoms with Crippen LogP contribution in [0.25, 0.3) is 11.1 Å². The normalized spacial score (nSPS) is 13.8. The molecule has 0 unspecified atom stereocenters. The summed E-state index contributed by atoms with van der Waals surface area (Å²) in [5.41, 5.74) is 7.95. The molecule has 0 atom stereocenters. The van der Waals surface area contributed by atoms with E-state index in [1.807, 2.05) is 54.2 Å². The number of rotatable bonds is 4. The van der Waals surface area contributed by atoms with Gasteiger partial charge in [-0.05, 0) is 70.8 Å². The van der Waals surface area contributed by atoms with E-state index in [1.54, 1.807) is 0 Å². The zero-order valence-electron chi connectivity index (χ0n) is 24.0. The average Bonchev–Trinajstić information content (AvgIpc) is 3.05. The van der Waals surface area contributed by atoms with Gasteiger partial charge in [-0.2, -0.15) is 0 Å². The molecule has 2 heterocycles. The maximum absolute atomic E-state index is 6.59. The van der Waals surface area contributed by atoms with E-state index in [4.69, 9.17) is 9.47 Å². The van der Waals surface area contributed by atoms with Gasteiger partial charge in [-0.25, -0.2) is 0 Å². The number of anilines is 3. The lowest BCUT2D eigenvalue weighted by molar-refractivity contribution is 0.360. The van der Waals surface area contributed by atoms with Gasteiger partial charge in [0.15, 0.2) is 23.0 Å². The highest BCUT2D eigenvalue weighted by atomic mass is 32.2. The van der Waals surface area contributed by atoms with Crippen molar-refractivity contribution < 1.29 is 9.47 Å². The Bertz CT molecular complexity index is 1980. The van der Waals surface area contributed by atoms with Crippen LogP contribution in [0.15, 0.2) is 149 Å². The second kappa shape index (κ2) is 10.1. The summed E-state index contributed by atoms with van der Waals surface area (Å²) >= 11 is 1.84. The lowest BCUT2D eigenvalue weighted by Crippen LogP contribution is -2.25. The van der Waals surface area contributed by atoms with E-state index >= 15 is 0 Å². The third-order valence-electron chi connectivity index (χ3n) is 8.39. The van der Waals surface area contributed by atoms with Gasteiger partial charge in [-0.15, -0.1) is 0 Å². The van der Waals surface area contributed by atoms with Crippen LogP contribution in [0.5, 0.6) is 23.0 Å². The van der Waals surface area contributed by atoms with E-state index < -0.39 is 0 Å². The first-order valence-electron chi connectivity index (χ1n) is 14.5. The Morgan fingerprint density at radius 2 is 1.12 bits per heavy atom. The second-order valence-corrected chi connectivity index (χ2v) is 12.4. The van der Waals surface area contributed by atoms with Crippen LogP contribution >= 0.6 is 11.8 Å². The highest BCUT2D eigenvalue weighted by Crippen LogP contribution is 2.57. The third kappa shape index (κ3) is 4.29. The van der Waals surface area contributed by atoms with Gasteiger partial charge >= 0.3 is 0 Å². The number of ether oxygens (including phenoxy) is 2. The maximum Gasteiger partial charge on any atom is 0.194 e. The van der Waals surface area contributed by atoms with Crippen molar-refractivity contribution in [1.82, 2.24) is 0 Å². The molecule has 0 saturated heterocycles. The Labute approximate surface area is 256 Å². The quantitative estimate of drug-likeness (QED) is 0.208. The molecule has 3 nitrogen and oxygen atoms in total. The van der Waals surface area contributed by atoms with Crippen molar-refractivity contribution >= 4 is 28.8 Å². The van der Waals surface area contributed by atoms with Crippen LogP contribution in [0.3, 0.4) is 0 Å². The standard InChI is InChI=1S/C39H29NO2S/c1-39(2)29-14-6-9-21-36(29)43-38-30(39)15-10-17-32(38)40(28-24-22-27(23-25-28)26-12-4-3-5-13-26)31-16-11-20-35-37(31)42-34-19-8-7-18-33(34)41-35/h3-25H,1-2H3. The predicted octanol–water partition coefficient (Wildman–Crippen LogP) is 11.5. The number of fused-ring (bicyclic) bond motifs is 4. The molecule has 0 spiro atoms. The minimum Gasteiger partial charge on any atom is -0.449 e. The summed E-state index contributed by atoms with van der Waals surface area (Å²) in [5, 5.41) is 0. The van der Waals surface area contributed by atoms with Crippen molar-refractivity contribution in [2.75, 3.05) is 4.90 Å². The molecule has 208 valence electrons. The van der Waals surface area contributed by atoms with Gasteiger partial charge in [-0.3, -0.25) is 0 Å². The van der Waals surface area contributed by atoms with Gasteiger partial charge in [-0.1, -0.05) is 117 Å². The number of para-hydroxylation sites is 3. The maximum atomic E-state index is 6.59. The summed E-state index contributed by atoms with van der Waals surface area (Å²) < 4.78 is 12.9. The summed E-state index contributed by atoms with van der Waals surface area (Å²) in [6.07, 6.45) is 0. The van der Waals surface area contributed by atoms with Crippen molar-refractivity contribution in [1.29, 1.82) is 0 Å². The Balaban J connectivity index is 1.33. The summed E-state index contributed by atoms with van der Waals surface area (Å²) in [5.74, 6) is 2.83. The average molecular weight is 576 g/mol. The monoisotopic (exact) mass is 575 g/mol. The van der Waals surface area contributed by atoms with E-state index in [-0.39, 0.29) is 5.41 Å². The minimum absolute atomic E-state index is 0.148. The van der Waals surface area contributed by atoms with Crippen LogP contribution in [-0.2, 0) is 5.41 Å². The Hall–Kier alpha value is -4.93. The summed E-state index contributed by atoms with van der Waals surface area (Å²) in [4.78, 5) is 4.85. The molecule has 43 heavy (non-hydrogen) atoms. The fraction of sp³-hybridized carbons (Fsp3) is 0.0769. The van der Waals surface area contributed by atoms with Gasteiger partial charge in [0.05, 0.1) is 11.4 Å². The van der Waals surface area contributed by atoms with Gasteiger partial charge in [0.1, 0.15) is 0 Å². The highest BCUT2D eigenvalue weighted by molar-refractivity contribution is 7.99. The molecule has 6 aromatic carbocycles. The SMILES string of the molecule is CC1(C)c2ccccc2Sc2c(N(c3ccc(-c4ccccc4)cc3)c3cccc4c3Oc3ccccc3O4)cccc21. The van der Waals surface area contributed by atoms with Crippen LogP contribution in [0.2, 0.25) is 0 Å². The van der Waals surface area contributed by atoms with Crippen LogP contribution in [0.4, 0.5) is 17.1 Å². The zero-order chi connectivity index (χ0) is 29.0. The largest absolute Gasteiger partial charge is 0.449 e. The van der Waals surface area contributed by atoms with Crippen molar-refractivity contribution in [3.05, 3.63) is 151 Å². The Kier molecular flexibility index (Phi) is 6.06. The van der Waals surface area contributed by atoms with Crippen LogP contribution in [0, 0.1) is 0 Å². The van der Waals surface area contributed by atoms with Gasteiger partial charge in [0.2, 0.25) is 0 Å².